The minimum absolute atomic E-state index is 0.0888. The molecular formula is C17H24FNO3. The number of ether oxygens (including phenoxy) is 1. The lowest BCUT2D eigenvalue weighted by Gasteiger charge is -2.28. The van der Waals surface area contributed by atoms with Crippen LogP contribution in [0.25, 0.3) is 0 Å². The lowest BCUT2D eigenvalue weighted by Crippen LogP contribution is -2.40. The summed E-state index contributed by atoms with van der Waals surface area (Å²) in [6.45, 7) is 2.65. The van der Waals surface area contributed by atoms with Gasteiger partial charge in [-0.2, -0.15) is 0 Å². The van der Waals surface area contributed by atoms with Crippen LogP contribution in [0.1, 0.15) is 39.0 Å². The van der Waals surface area contributed by atoms with Gasteiger partial charge in [-0.15, -0.1) is 0 Å². The zero-order chi connectivity index (χ0) is 15.9. The van der Waals surface area contributed by atoms with Crippen LogP contribution in [0.5, 0.6) is 5.75 Å². The largest absolute Gasteiger partial charge is 0.486 e. The summed E-state index contributed by atoms with van der Waals surface area (Å²) >= 11 is 0. The molecule has 0 bridgehead atoms. The Morgan fingerprint density at radius 2 is 2.05 bits per heavy atom. The van der Waals surface area contributed by atoms with E-state index in [2.05, 4.69) is 5.32 Å². The molecule has 5 heteroatoms. The van der Waals surface area contributed by atoms with Crippen molar-refractivity contribution in [2.45, 2.75) is 51.2 Å². The monoisotopic (exact) mass is 309 g/mol. The highest BCUT2D eigenvalue weighted by molar-refractivity contribution is 5.70. The Morgan fingerprint density at radius 3 is 2.64 bits per heavy atom. The zero-order valence-corrected chi connectivity index (χ0v) is 12.9. The Labute approximate surface area is 130 Å². The normalized spacial score (nSPS) is 23.0. The van der Waals surface area contributed by atoms with Crippen molar-refractivity contribution in [1.29, 1.82) is 0 Å². The third-order valence-electron chi connectivity index (χ3n) is 4.30. The van der Waals surface area contributed by atoms with Crippen LogP contribution >= 0.6 is 0 Å². The summed E-state index contributed by atoms with van der Waals surface area (Å²) < 4.78 is 19.3. The van der Waals surface area contributed by atoms with E-state index in [0.717, 1.165) is 32.1 Å². The minimum Gasteiger partial charge on any atom is -0.486 e. The maximum Gasteiger partial charge on any atom is 0.306 e. The highest BCUT2D eigenvalue weighted by Gasteiger charge is 2.26. The molecule has 1 aliphatic carbocycles. The van der Waals surface area contributed by atoms with Gasteiger partial charge in [0.2, 0.25) is 0 Å². The molecule has 1 saturated carbocycles. The molecule has 1 aromatic rings. The second-order valence-electron chi connectivity index (χ2n) is 5.87. The van der Waals surface area contributed by atoms with E-state index < -0.39 is 5.97 Å². The average Bonchev–Trinajstić information content (AvgIpc) is 2.53. The van der Waals surface area contributed by atoms with Crippen LogP contribution in [0.15, 0.2) is 24.3 Å². The number of halogens is 1. The molecule has 0 aromatic heterocycles. The Hall–Kier alpha value is -1.62. The molecule has 4 nitrogen and oxygen atoms in total. The fraction of sp³-hybridized carbons (Fsp3) is 0.588. The summed E-state index contributed by atoms with van der Waals surface area (Å²) in [4.78, 5) is 10.9. The minimum atomic E-state index is -0.687. The second-order valence-corrected chi connectivity index (χ2v) is 5.87. The van der Waals surface area contributed by atoms with Crippen LogP contribution in [0.3, 0.4) is 0 Å². The number of carbonyl (C=O) groups is 1. The van der Waals surface area contributed by atoms with Gasteiger partial charge in [0.1, 0.15) is 6.10 Å². The van der Waals surface area contributed by atoms with Crippen molar-refractivity contribution in [3.63, 3.8) is 0 Å². The molecule has 1 atom stereocenters. The molecule has 0 heterocycles. The average molecular weight is 309 g/mol. The van der Waals surface area contributed by atoms with Gasteiger partial charge in [0.25, 0.3) is 0 Å². The van der Waals surface area contributed by atoms with E-state index in [-0.39, 0.29) is 23.6 Å². The van der Waals surface area contributed by atoms with Gasteiger partial charge in [-0.1, -0.05) is 19.1 Å². The van der Waals surface area contributed by atoms with Crippen LogP contribution < -0.4 is 10.1 Å². The Morgan fingerprint density at radius 1 is 1.36 bits per heavy atom. The van der Waals surface area contributed by atoms with Crippen LogP contribution in [0, 0.1) is 11.7 Å². The van der Waals surface area contributed by atoms with Crippen LogP contribution in [-0.2, 0) is 4.79 Å². The number of benzene rings is 1. The highest BCUT2D eigenvalue weighted by atomic mass is 19.1. The van der Waals surface area contributed by atoms with E-state index >= 15 is 0 Å². The number of hydrogen-bond donors (Lipinski definition) is 2. The Bertz CT molecular complexity index is 487. The van der Waals surface area contributed by atoms with E-state index in [1.54, 1.807) is 18.2 Å². The first-order valence-corrected chi connectivity index (χ1v) is 7.97. The fourth-order valence-corrected chi connectivity index (χ4v) is 2.83. The highest BCUT2D eigenvalue weighted by Crippen LogP contribution is 2.24. The van der Waals surface area contributed by atoms with Crippen molar-refractivity contribution in [2.75, 3.05) is 6.54 Å². The molecular weight excluding hydrogens is 285 g/mol. The molecule has 2 rings (SSSR count). The maximum atomic E-state index is 13.6. The molecule has 0 radical (unpaired) electrons. The van der Waals surface area contributed by atoms with Crippen LogP contribution in [-0.4, -0.2) is 29.8 Å². The number of nitrogens with one attached hydrogen (secondary N) is 1. The second kappa shape index (κ2) is 8.13. The Balaban J connectivity index is 1.77. The first-order valence-electron chi connectivity index (χ1n) is 7.97. The van der Waals surface area contributed by atoms with Gasteiger partial charge in [-0.05, 0) is 44.2 Å². The number of carboxylic acids is 1. The first-order chi connectivity index (χ1) is 10.6. The first kappa shape index (κ1) is 16.7. The predicted octanol–water partition coefficient (Wildman–Crippen LogP) is 3.22. The Kier molecular flexibility index (Phi) is 6.19. The summed E-state index contributed by atoms with van der Waals surface area (Å²) in [5, 5.41) is 12.4. The molecule has 0 aliphatic heterocycles. The number of aliphatic carboxylic acids is 1. The van der Waals surface area contributed by atoms with Crippen molar-refractivity contribution in [3.05, 3.63) is 30.1 Å². The van der Waals surface area contributed by atoms with Crippen molar-refractivity contribution in [2.24, 2.45) is 5.92 Å². The molecule has 122 valence electrons. The molecule has 0 saturated heterocycles. The van der Waals surface area contributed by atoms with Crippen molar-refractivity contribution >= 4 is 5.97 Å². The van der Waals surface area contributed by atoms with Gasteiger partial charge < -0.3 is 15.2 Å². The molecule has 1 aliphatic rings. The summed E-state index contributed by atoms with van der Waals surface area (Å²) in [6.07, 6.45) is 3.87. The number of para-hydroxylation sites is 1. The van der Waals surface area contributed by atoms with Crippen molar-refractivity contribution in [3.8, 4) is 5.75 Å². The molecule has 1 unspecified atom stereocenters. The molecule has 1 fully saturated rings. The number of rotatable bonds is 7. The SMILES string of the molecule is CCC(CNC1CCC(C(=O)O)CC1)Oc1ccccc1F. The quantitative estimate of drug-likeness (QED) is 0.812. The van der Waals surface area contributed by atoms with Crippen molar-refractivity contribution in [1.82, 2.24) is 5.32 Å². The van der Waals surface area contributed by atoms with E-state index in [1.165, 1.54) is 6.07 Å². The van der Waals surface area contributed by atoms with Crippen LogP contribution in [0.2, 0.25) is 0 Å². The summed E-state index contributed by atoms with van der Waals surface area (Å²) in [5.41, 5.74) is 0. The van der Waals surface area contributed by atoms with E-state index in [0.29, 0.717) is 12.6 Å². The predicted molar refractivity (Wildman–Crippen MR) is 82.5 cm³/mol. The smallest absolute Gasteiger partial charge is 0.306 e. The summed E-state index contributed by atoms with van der Waals surface area (Å²) in [7, 11) is 0. The fourth-order valence-electron chi connectivity index (χ4n) is 2.83. The van der Waals surface area contributed by atoms with Crippen molar-refractivity contribution < 1.29 is 19.0 Å². The van der Waals surface area contributed by atoms with Gasteiger partial charge in [0.15, 0.2) is 11.6 Å². The lowest BCUT2D eigenvalue weighted by molar-refractivity contribution is -0.142. The molecule has 0 spiro atoms. The van der Waals surface area contributed by atoms with Gasteiger partial charge in [-0.25, -0.2) is 4.39 Å². The topological polar surface area (TPSA) is 58.6 Å². The molecule has 2 N–H and O–H groups in total. The van der Waals surface area contributed by atoms with Gasteiger partial charge in [0.05, 0.1) is 5.92 Å². The van der Waals surface area contributed by atoms with Gasteiger partial charge in [-0.3, -0.25) is 4.79 Å². The molecule has 1 aromatic carbocycles. The standard InChI is InChI=1S/C17H24FNO3/c1-2-14(22-16-6-4-3-5-15(16)18)11-19-13-9-7-12(8-10-13)17(20)21/h3-6,12-14,19H,2,7-11H2,1H3,(H,20,21). The number of hydrogen-bond acceptors (Lipinski definition) is 3. The maximum absolute atomic E-state index is 13.6. The number of carboxylic acid groups (broad SMARTS) is 1. The van der Waals surface area contributed by atoms with Gasteiger partial charge in [0, 0.05) is 12.6 Å². The zero-order valence-electron chi connectivity index (χ0n) is 12.9. The van der Waals surface area contributed by atoms with E-state index in [4.69, 9.17) is 9.84 Å². The summed E-state index contributed by atoms with van der Waals surface area (Å²) in [6, 6.07) is 6.75. The third kappa shape index (κ3) is 4.70. The molecule has 0 amide bonds. The van der Waals surface area contributed by atoms with Gasteiger partial charge >= 0.3 is 5.97 Å². The summed E-state index contributed by atoms with van der Waals surface area (Å²) in [5.74, 6) is -0.948. The van der Waals surface area contributed by atoms with Crippen LogP contribution in [0.4, 0.5) is 4.39 Å². The van der Waals surface area contributed by atoms with E-state index in [9.17, 15) is 9.18 Å². The third-order valence-corrected chi connectivity index (χ3v) is 4.30. The molecule has 22 heavy (non-hydrogen) atoms. The van der Waals surface area contributed by atoms with E-state index in [1.807, 2.05) is 6.92 Å². The lowest BCUT2D eigenvalue weighted by atomic mass is 9.86.